The lowest BCUT2D eigenvalue weighted by molar-refractivity contribution is -0.146. The highest BCUT2D eigenvalue weighted by molar-refractivity contribution is 9.11. The maximum atomic E-state index is 11.8. The molecule has 1 aromatic heterocycles. The number of thiophene rings is 1. The zero-order valence-electron chi connectivity index (χ0n) is 9.38. The molecule has 0 bridgehead atoms. The van der Waals surface area contributed by atoms with Crippen LogP contribution in [0.2, 0.25) is 0 Å². The lowest BCUT2D eigenvalue weighted by atomic mass is 10.3. The molecule has 1 heterocycles. The van der Waals surface area contributed by atoms with Crippen molar-refractivity contribution in [2.45, 2.75) is 23.7 Å². The van der Waals surface area contributed by atoms with Gasteiger partial charge in [-0.2, -0.15) is 0 Å². The number of rotatable bonds is 6. The molecule has 0 saturated carbocycles. The summed E-state index contributed by atoms with van der Waals surface area (Å²) in [5.74, 6) is -1.37. The van der Waals surface area contributed by atoms with E-state index in [0.717, 1.165) is 20.7 Å². The Morgan fingerprint density at radius 3 is 2.67 bits per heavy atom. The van der Waals surface area contributed by atoms with Crippen LogP contribution in [-0.4, -0.2) is 37.2 Å². The molecule has 0 spiro atoms. The Hall–Kier alpha value is -0.480. The third-order valence-corrected chi connectivity index (χ3v) is 6.17. The first-order valence-electron chi connectivity index (χ1n) is 4.90. The lowest BCUT2D eigenvalue weighted by Crippen LogP contribution is -2.29. The van der Waals surface area contributed by atoms with Crippen LogP contribution in [0.5, 0.6) is 0 Å². The number of halogens is 1. The van der Waals surface area contributed by atoms with Gasteiger partial charge in [0.25, 0.3) is 0 Å². The summed E-state index contributed by atoms with van der Waals surface area (Å²) in [6.45, 7) is 1.64. The number of carboxylic acid groups (broad SMARTS) is 1. The molecule has 0 fully saturated rings. The van der Waals surface area contributed by atoms with Crippen molar-refractivity contribution in [2.75, 3.05) is 6.54 Å². The fraction of sp³-hybridized carbons (Fsp3) is 0.444. The van der Waals surface area contributed by atoms with Crippen LogP contribution in [0.4, 0.5) is 0 Å². The van der Waals surface area contributed by atoms with Gasteiger partial charge in [0.1, 0.15) is 4.21 Å². The van der Waals surface area contributed by atoms with Crippen LogP contribution in [-0.2, 0) is 14.8 Å². The van der Waals surface area contributed by atoms with Gasteiger partial charge in [0.2, 0.25) is 10.0 Å². The maximum Gasteiger partial charge on any atom is 0.332 e. The molecule has 9 heteroatoms. The van der Waals surface area contributed by atoms with E-state index < -0.39 is 22.1 Å². The SMILES string of the molecule is Cc1cc(S(=O)(=O)NCCC(O)C(=O)O)sc1Br. The van der Waals surface area contributed by atoms with E-state index >= 15 is 0 Å². The summed E-state index contributed by atoms with van der Waals surface area (Å²) in [5, 5.41) is 17.4. The van der Waals surface area contributed by atoms with Gasteiger partial charge in [-0.15, -0.1) is 11.3 Å². The van der Waals surface area contributed by atoms with Crippen molar-refractivity contribution in [3.63, 3.8) is 0 Å². The van der Waals surface area contributed by atoms with Gasteiger partial charge in [-0.25, -0.2) is 17.9 Å². The van der Waals surface area contributed by atoms with Gasteiger partial charge in [-0.05, 0) is 40.9 Å². The summed E-state index contributed by atoms with van der Waals surface area (Å²) < 4.78 is 26.7. The average molecular weight is 358 g/mol. The molecular weight excluding hydrogens is 346 g/mol. The summed E-state index contributed by atoms with van der Waals surface area (Å²) in [6, 6.07) is 1.52. The van der Waals surface area contributed by atoms with Crippen molar-refractivity contribution < 1.29 is 23.4 Å². The molecule has 1 unspecified atom stereocenters. The Labute approximate surface area is 117 Å². The van der Waals surface area contributed by atoms with Gasteiger partial charge >= 0.3 is 5.97 Å². The first-order valence-corrected chi connectivity index (χ1v) is 8.00. The van der Waals surface area contributed by atoms with E-state index in [1.807, 2.05) is 0 Å². The first-order chi connectivity index (χ1) is 8.24. The average Bonchev–Trinajstić information content (AvgIpc) is 2.59. The molecule has 0 aliphatic heterocycles. The molecule has 0 aliphatic carbocycles. The van der Waals surface area contributed by atoms with Crippen molar-refractivity contribution in [1.29, 1.82) is 0 Å². The zero-order valence-corrected chi connectivity index (χ0v) is 12.6. The van der Waals surface area contributed by atoms with E-state index in [-0.39, 0.29) is 17.2 Å². The van der Waals surface area contributed by atoms with Crippen molar-refractivity contribution in [1.82, 2.24) is 4.72 Å². The molecule has 102 valence electrons. The van der Waals surface area contributed by atoms with Crippen molar-refractivity contribution in [3.05, 3.63) is 15.4 Å². The first kappa shape index (κ1) is 15.6. The van der Waals surface area contributed by atoms with Crippen molar-refractivity contribution >= 4 is 43.3 Å². The van der Waals surface area contributed by atoms with Crippen LogP contribution in [0, 0.1) is 6.92 Å². The number of hydrogen-bond donors (Lipinski definition) is 3. The number of aryl methyl sites for hydroxylation is 1. The Bertz CT molecular complexity index is 520. The molecule has 0 saturated heterocycles. The molecule has 0 aliphatic rings. The smallest absolute Gasteiger partial charge is 0.332 e. The van der Waals surface area contributed by atoms with E-state index in [9.17, 15) is 13.2 Å². The number of aliphatic carboxylic acids is 1. The van der Waals surface area contributed by atoms with Crippen LogP contribution in [0.25, 0.3) is 0 Å². The molecule has 1 aromatic rings. The van der Waals surface area contributed by atoms with E-state index in [1.54, 1.807) is 6.92 Å². The summed E-state index contributed by atoms with van der Waals surface area (Å²) >= 11 is 4.30. The van der Waals surface area contributed by atoms with Gasteiger partial charge in [0, 0.05) is 6.54 Å². The Morgan fingerprint density at radius 1 is 1.61 bits per heavy atom. The molecule has 6 nitrogen and oxygen atoms in total. The number of aliphatic hydroxyl groups is 1. The molecule has 0 radical (unpaired) electrons. The highest BCUT2D eigenvalue weighted by Crippen LogP contribution is 2.30. The third-order valence-electron chi connectivity index (χ3n) is 2.09. The van der Waals surface area contributed by atoms with Gasteiger partial charge in [-0.1, -0.05) is 0 Å². The van der Waals surface area contributed by atoms with Crippen LogP contribution >= 0.6 is 27.3 Å². The highest BCUT2D eigenvalue weighted by atomic mass is 79.9. The Balaban J connectivity index is 2.63. The van der Waals surface area contributed by atoms with Crippen LogP contribution in [0.3, 0.4) is 0 Å². The molecule has 0 amide bonds. The zero-order chi connectivity index (χ0) is 13.9. The van der Waals surface area contributed by atoms with Gasteiger partial charge in [0.05, 0.1) is 3.79 Å². The third kappa shape index (κ3) is 4.02. The van der Waals surface area contributed by atoms with Crippen LogP contribution < -0.4 is 4.72 Å². The molecule has 1 atom stereocenters. The summed E-state index contributed by atoms with van der Waals surface area (Å²) in [5.41, 5.74) is 0.811. The lowest BCUT2D eigenvalue weighted by Gasteiger charge is -2.06. The van der Waals surface area contributed by atoms with Crippen LogP contribution in [0.1, 0.15) is 12.0 Å². The minimum Gasteiger partial charge on any atom is -0.479 e. The molecule has 0 aromatic carbocycles. The minimum absolute atomic E-state index is 0.135. The predicted molar refractivity (Wildman–Crippen MR) is 70.2 cm³/mol. The van der Waals surface area contributed by atoms with Crippen LogP contribution in [0.15, 0.2) is 14.1 Å². The number of hydrogen-bond acceptors (Lipinski definition) is 5. The fourth-order valence-corrected chi connectivity index (χ4v) is 4.41. The van der Waals surface area contributed by atoms with Crippen molar-refractivity contribution in [3.8, 4) is 0 Å². The number of carboxylic acids is 1. The van der Waals surface area contributed by atoms with Crippen molar-refractivity contribution in [2.24, 2.45) is 0 Å². The van der Waals surface area contributed by atoms with E-state index in [1.165, 1.54) is 6.07 Å². The largest absolute Gasteiger partial charge is 0.479 e. The Kier molecular flexibility index (Phi) is 5.29. The maximum absolute atomic E-state index is 11.8. The number of carbonyl (C=O) groups is 1. The Morgan fingerprint density at radius 2 is 2.22 bits per heavy atom. The predicted octanol–water partition coefficient (Wildman–Crippen LogP) is 0.933. The summed E-state index contributed by atoms with van der Waals surface area (Å²) in [7, 11) is -3.65. The summed E-state index contributed by atoms with van der Waals surface area (Å²) in [4.78, 5) is 10.3. The minimum atomic E-state index is -3.65. The van der Waals surface area contributed by atoms with Gasteiger partial charge < -0.3 is 10.2 Å². The highest BCUT2D eigenvalue weighted by Gasteiger charge is 2.19. The second-order valence-electron chi connectivity index (χ2n) is 3.56. The number of nitrogens with one attached hydrogen (secondary N) is 1. The second-order valence-corrected chi connectivity index (χ2v) is 7.93. The summed E-state index contributed by atoms with van der Waals surface area (Å²) in [6.07, 6.45) is -1.75. The topological polar surface area (TPSA) is 104 Å². The fourth-order valence-electron chi connectivity index (χ4n) is 1.09. The monoisotopic (exact) mass is 357 g/mol. The normalized spacial score (nSPS) is 13.5. The molecule has 18 heavy (non-hydrogen) atoms. The van der Waals surface area contributed by atoms with E-state index in [4.69, 9.17) is 10.2 Å². The standard InChI is InChI=1S/C9H12BrNO5S2/c1-5-4-7(17-8(5)10)18(15,16)11-3-2-6(12)9(13)14/h4,6,11-12H,2-3H2,1H3,(H,13,14). The molecule has 1 rings (SSSR count). The second kappa shape index (κ2) is 6.11. The van der Waals surface area contributed by atoms with Gasteiger partial charge in [0.15, 0.2) is 6.10 Å². The number of aliphatic hydroxyl groups excluding tert-OH is 1. The van der Waals surface area contributed by atoms with E-state index in [0.29, 0.717) is 0 Å². The number of sulfonamides is 1. The molecule has 3 N–H and O–H groups in total. The van der Waals surface area contributed by atoms with Gasteiger partial charge in [-0.3, -0.25) is 0 Å². The quantitative estimate of drug-likeness (QED) is 0.702. The molecular formula is C9H12BrNO5S2. The van der Waals surface area contributed by atoms with E-state index in [2.05, 4.69) is 20.7 Å².